The molecular weight excluding hydrogens is 261 g/mol. The largest absolute Gasteiger partial charge is 0.468 e. The lowest BCUT2D eigenvalue weighted by atomic mass is 9.92. The zero-order valence-electron chi connectivity index (χ0n) is 11.4. The lowest BCUT2D eigenvalue weighted by molar-refractivity contribution is -0.145. The van der Waals surface area contributed by atoms with E-state index in [9.17, 15) is 14.0 Å². The summed E-state index contributed by atoms with van der Waals surface area (Å²) < 4.78 is 18.8. The van der Waals surface area contributed by atoms with Crippen molar-refractivity contribution in [2.75, 3.05) is 7.11 Å². The normalized spacial score (nSPS) is 12.2. The highest BCUT2D eigenvalue weighted by Gasteiger charge is 2.31. The van der Waals surface area contributed by atoms with Gasteiger partial charge in [-0.1, -0.05) is 6.07 Å². The topological polar surface area (TPSA) is 56.3 Å². The van der Waals surface area contributed by atoms with E-state index in [4.69, 9.17) is 0 Å². The number of ketones is 1. The molecule has 0 aliphatic carbocycles. The molecule has 0 aliphatic heterocycles. The summed E-state index contributed by atoms with van der Waals surface area (Å²) in [6, 6.07) is 6.35. The summed E-state index contributed by atoms with van der Waals surface area (Å²) >= 11 is 0. The molecule has 1 aromatic heterocycles. The van der Waals surface area contributed by atoms with Crippen LogP contribution in [0, 0.1) is 12.7 Å². The number of carbonyl (C=O) groups excluding carboxylic acids is 2. The van der Waals surface area contributed by atoms with E-state index in [1.165, 1.54) is 20.1 Å². The number of ether oxygens (including phenoxy) is 1. The third kappa shape index (κ3) is 2.39. The van der Waals surface area contributed by atoms with Gasteiger partial charge < -0.3 is 4.74 Å². The number of pyridine rings is 1. The second kappa shape index (κ2) is 5.36. The minimum absolute atomic E-state index is 0.0226. The number of fused-ring (bicyclic) bond motifs is 1. The Hall–Kier alpha value is -2.30. The Morgan fingerprint density at radius 1 is 1.25 bits per heavy atom. The van der Waals surface area contributed by atoms with Crippen LogP contribution in [-0.2, 0) is 14.3 Å². The lowest BCUT2D eigenvalue weighted by Gasteiger charge is -2.15. The summed E-state index contributed by atoms with van der Waals surface area (Å²) in [7, 11) is 1.17. The third-order valence-corrected chi connectivity index (χ3v) is 3.12. The van der Waals surface area contributed by atoms with E-state index in [0.717, 1.165) is 0 Å². The van der Waals surface area contributed by atoms with Crippen LogP contribution in [0.2, 0.25) is 0 Å². The van der Waals surface area contributed by atoms with E-state index < -0.39 is 23.5 Å². The van der Waals surface area contributed by atoms with Gasteiger partial charge in [-0.3, -0.25) is 14.6 Å². The molecule has 5 heteroatoms. The molecular formula is C15H14FNO3. The molecule has 2 rings (SSSR count). The van der Waals surface area contributed by atoms with Crippen LogP contribution in [0.3, 0.4) is 0 Å². The van der Waals surface area contributed by atoms with E-state index in [1.54, 1.807) is 25.1 Å². The SMILES string of the molecule is COC(=O)C(C(C)=O)c1c(F)ccc2ccc(C)nc12. The Kier molecular flexibility index (Phi) is 3.79. The molecule has 0 radical (unpaired) electrons. The molecule has 0 saturated heterocycles. The van der Waals surface area contributed by atoms with Crippen molar-refractivity contribution < 1.29 is 18.7 Å². The molecule has 0 fully saturated rings. The number of nitrogens with zero attached hydrogens (tertiary/aromatic N) is 1. The van der Waals surface area contributed by atoms with Gasteiger partial charge in [0.05, 0.1) is 12.6 Å². The van der Waals surface area contributed by atoms with Crippen molar-refractivity contribution >= 4 is 22.7 Å². The Morgan fingerprint density at radius 3 is 2.50 bits per heavy atom. The fourth-order valence-electron chi connectivity index (χ4n) is 2.16. The van der Waals surface area contributed by atoms with E-state index in [1.807, 2.05) is 0 Å². The first-order valence-electron chi connectivity index (χ1n) is 6.09. The van der Waals surface area contributed by atoms with Crippen LogP contribution in [0.4, 0.5) is 4.39 Å². The Morgan fingerprint density at radius 2 is 1.90 bits per heavy atom. The molecule has 0 bridgehead atoms. The second-order valence-corrected chi connectivity index (χ2v) is 4.55. The number of hydrogen-bond donors (Lipinski definition) is 0. The number of aromatic nitrogens is 1. The Bertz CT molecular complexity index is 692. The zero-order chi connectivity index (χ0) is 14.9. The van der Waals surface area contributed by atoms with Crippen LogP contribution in [0.15, 0.2) is 24.3 Å². The van der Waals surface area contributed by atoms with Gasteiger partial charge >= 0.3 is 5.97 Å². The molecule has 20 heavy (non-hydrogen) atoms. The van der Waals surface area contributed by atoms with Crippen molar-refractivity contribution in [1.82, 2.24) is 4.98 Å². The van der Waals surface area contributed by atoms with Gasteiger partial charge in [0.25, 0.3) is 0 Å². The first-order chi connectivity index (χ1) is 9.45. The molecule has 1 unspecified atom stereocenters. The second-order valence-electron chi connectivity index (χ2n) is 4.55. The van der Waals surface area contributed by atoms with Gasteiger partial charge in [-0.2, -0.15) is 0 Å². The molecule has 0 N–H and O–H groups in total. The van der Waals surface area contributed by atoms with E-state index in [0.29, 0.717) is 16.6 Å². The van der Waals surface area contributed by atoms with Crippen LogP contribution < -0.4 is 0 Å². The summed E-state index contributed by atoms with van der Waals surface area (Å²) in [4.78, 5) is 27.8. The van der Waals surface area contributed by atoms with Crippen molar-refractivity contribution in [2.45, 2.75) is 19.8 Å². The number of carbonyl (C=O) groups is 2. The van der Waals surface area contributed by atoms with Crippen LogP contribution in [0.5, 0.6) is 0 Å². The predicted molar refractivity (Wildman–Crippen MR) is 71.9 cm³/mol. The number of Topliss-reactive ketones (excluding diaryl/α,β-unsaturated/α-hetero) is 1. The summed E-state index contributed by atoms with van der Waals surface area (Å²) in [6.07, 6.45) is 0. The van der Waals surface area contributed by atoms with Crippen LogP contribution in [0.25, 0.3) is 10.9 Å². The Balaban J connectivity index is 2.79. The van der Waals surface area contributed by atoms with Gasteiger partial charge in [0.2, 0.25) is 0 Å². The highest BCUT2D eigenvalue weighted by atomic mass is 19.1. The molecule has 1 heterocycles. The van der Waals surface area contributed by atoms with E-state index in [-0.39, 0.29) is 5.56 Å². The molecule has 0 spiro atoms. The number of methoxy groups -OCH3 is 1. The molecule has 1 atom stereocenters. The average Bonchev–Trinajstić information content (AvgIpc) is 2.41. The van der Waals surface area contributed by atoms with Crippen molar-refractivity contribution in [2.24, 2.45) is 0 Å². The van der Waals surface area contributed by atoms with Crippen molar-refractivity contribution in [3.05, 3.63) is 41.3 Å². The number of halogens is 1. The minimum atomic E-state index is -1.29. The Labute approximate surface area is 115 Å². The quantitative estimate of drug-likeness (QED) is 0.638. The average molecular weight is 275 g/mol. The number of hydrogen-bond acceptors (Lipinski definition) is 4. The number of benzene rings is 1. The lowest BCUT2D eigenvalue weighted by Crippen LogP contribution is -2.23. The van der Waals surface area contributed by atoms with Crippen LogP contribution in [0.1, 0.15) is 24.1 Å². The molecule has 0 aliphatic rings. The summed E-state index contributed by atoms with van der Waals surface area (Å²) in [5.41, 5.74) is 0.970. The number of rotatable bonds is 3. The third-order valence-electron chi connectivity index (χ3n) is 3.12. The van der Waals surface area contributed by atoms with E-state index >= 15 is 0 Å². The van der Waals surface area contributed by atoms with Crippen LogP contribution in [-0.4, -0.2) is 23.8 Å². The summed E-state index contributed by atoms with van der Waals surface area (Å²) in [5.74, 6) is -3.20. The van der Waals surface area contributed by atoms with Gasteiger partial charge in [0.15, 0.2) is 0 Å². The highest BCUT2D eigenvalue weighted by Crippen LogP contribution is 2.29. The molecule has 0 saturated carbocycles. The fourth-order valence-corrected chi connectivity index (χ4v) is 2.16. The number of esters is 1. The predicted octanol–water partition coefficient (Wildman–Crippen LogP) is 2.53. The van der Waals surface area contributed by atoms with Crippen LogP contribution >= 0.6 is 0 Å². The van der Waals surface area contributed by atoms with Gasteiger partial charge in [-0.15, -0.1) is 0 Å². The zero-order valence-corrected chi connectivity index (χ0v) is 11.4. The van der Waals surface area contributed by atoms with Crippen molar-refractivity contribution in [1.29, 1.82) is 0 Å². The van der Waals surface area contributed by atoms with Gasteiger partial charge in [-0.05, 0) is 32.0 Å². The van der Waals surface area contributed by atoms with Gasteiger partial charge in [-0.25, -0.2) is 4.39 Å². The van der Waals surface area contributed by atoms with Gasteiger partial charge in [0, 0.05) is 16.6 Å². The minimum Gasteiger partial charge on any atom is -0.468 e. The molecule has 0 amide bonds. The van der Waals surface area contributed by atoms with Crippen molar-refractivity contribution in [3.63, 3.8) is 0 Å². The highest BCUT2D eigenvalue weighted by molar-refractivity contribution is 6.06. The monoisotopic (exact) mass is 275 g/mol. The molecule has 104 valence electrons. The standard InChI is InChI=1S/C15H14FNO3/c1-8-4-5-10-6-7-11(16)13(14(10)17-8)12(9(2)18)15(19)20-3/h4-7,12H,1-3H3. The molecule has 1 aromatic carbocycles. The maximum absolute atomic E-state index is 14.2. The first kappa shape index (κ1) is 14.1. The van der Waals surface area contributed by atoms with Gasteiger partial charge in [0.1, 0.15) is 17.5 Å². The molecule has 4 nitrogen and oxygen atoms in total. The molecule has 2 aromatic rings. The van der Waals surface area contributed by atoms with E-state index in [2.05, 4.69) is 9.72 Å². The maximum atomic E-state index is 14.2. The smallest absolute Gasteiger partial charge is 0.320 e. The summed E-state index contributed by atoms with van der Waals surface area (Å²) in [5, 5.41) is 0.669. The number of aryl methyl sites for hydroxylation is 1. The fraction of sp³-hybridized carbons (Fsp3) is 0.267. The maximum Gasteiger partial charge on any atom is 0.320 e. The summed E-state index contributed by atoms with van der Waals surface area (Å²) in [6.45, 7) is 2.99. The van der Waals surface area contributed by atoms with Crippen molar-refractivity contribution in [3.8, 4) is 0 Å². The first-order valence-corrected chi connectivity index (χ1v) is 6.09.